The number of halogens is 2. The molecule has 1 N–H and O–H groups in total. The molecule has 0 aromatic heterocycles. The summed E-state index contributed by atoms with van der Waals surface area (Å²) >= 11 is 12.1. The normalized spacial score (nSPS) is 25.9. The van der Waals surface area contributed by atoms with Gasteiger partial charge >= 0.3 is 0 Å². The Labute approximate surface area is 117 Å². The van der Waals surface area contributed by atoms with Crippen molar-refractivity contribution < 1.29 is 8.42 Å². The monoisotopic (exact) mass is 307 g/mol. The molecule has 1 unspecified atom stereocenters. The zero-order valence-electron chi connectivity index (χ0n) is 10.2. The van der Waals surface area contributed by atoms with Gasteiger partial charge in [-0.3, -0.25) is 0 Å². The van der Waals surface area contributed by atoms with E-state index in [1.807, 2.05) is 19.9 Å². The fraction of sp³-hybridized carbons (Fsp3) is 0.500. The number of hydrogen-bond acceptors (Lipinski definition) is 3. The molecule has 100 valence electrons. The summed E-state index contributed by atoms with van der Waals surface area (Å²) in [5.41, 5.74) is 0.272. The molecule has 0 radical (unpaired) electrons. The van der Waals surface area contributed by atoms with Crippen molar-refractivity contribution in [2.24, 2.45) is 0 Å². The summed E-state index contributed by atoms with van der Waals surface area (Å²) < 4.78 is 23.9. The molecule has 2 rings (SSSR count). The molecule has 1 aliphatic heterocycles. The predicted octanol–water partition coefficient (Wildman–Crippen LogP) is 2.83. The first kappa shape index (κ1) is 14.1. The van der Waals surface area contributed by atoms with E-state index in [-0.39, 0.29) is 17.5 Å². The second kappa shape index (κ2) is 4.67. The highest BCUT2D eigenvalue weighted by molar-refractivity contribution is 7.91. The zero-order chi connectivity index (χ0) is 13.6. The summed E-state index contributed by atoms with van der Waals surface area (Å²) in [6, 6.07) is 4.96. The maximum atomic E-state index is 11.9. The van der Waals surface area contributed by atoms with E-state index in [9.17, 15) is 8.42 Å². The Balaban J connectivity index is 2.42. The summed E-state index contributed by atoms with van der Waals surface area (Å²) in [4.78, 5) is 0. The number of hydrogen-bond donors (Lipinski definition) is 1. The molecule has 1 aliphatic rings. The Hall–Kier alpha value is -0.290. The minimum atomic E-state index is -3.08. The van der Waals surface area contributed by atoms with Gasteiger partial charge in [0.1, 0.15) is 0 Å². The lowest BCUT2D eigenvalue weighted by molar-refractivity contribution is 0.360. The van der Waals surface area contributed by atoms with Crippen LogP contribution < -0.4 is 5.32 Å². The molecule has 0 amide bonds. The smallest absolute Gasteiger partial charge is 0.153 e. The molecule has 3 nitrogen and oxygen atoms in total. The van der Waals surface area contributed by atoms with Gasteiger partial charge in [-0.2, -0.15) is 0 Å². The molecule has 18 heavy (non-hydrogen) atoms. The van der Waals surface area contributed by atoms with E-state index in [1.54, 1.807) is 12.1 Å². The van der Waals surface area contributed by atoms with Gasteiger partial charge in [-0.25, -0.2) is 8.42 Å². The van der Waals surface area contributed by atoms with E-state index < -0.39 is 15.4 Å². The predicted molar refractivity (Wildman–Crippen MR) is 75.1 cm³/mol. The number of benzene rings is 1. The van der Waals surface area contributed by atoms with Crippen LogP contribution in [0.5, 0.6) is 0 Å². The lowest BCUT2D eigenvalue weighted by Crippen LogP contribution is -2.54. The summed E-state index contributed by atoms with van der Waals surface area (Å²) in [5.74, 6) is 0.186. The number of sulfone groups is 1. The van der Waals surface area contributed by atoms with Crippen LogP contribution in [0.4, 0.5) is 0 Å². The van der Waals surface area contributed by atoms with E-state index in [2.05, 4.69) is 5.32 Å². The van der Waals surface area contributed by atoms with Crippen molar-refractivity contribution in [3.05, 3.63) is 33.8 Å². The van der Waals surface area contributed by atoms with Crippen molar-refractivity contribution >= 4 is 33.0 Å². The van der Waals surface area contributed by atoms with Crippen LogP contribution in [0.2, 0.25) is 10.0 Å². The molecule has 0 spiro atoms. The Kier molecular flexibility index (Phi) is 3.67. The number of rotatable bonds is 1. The van der Waals surface area contributed by atoms with Crippen molar-refractivity contribution in [3.63, 3.8) is 0 Å². The third-order valence-electron chi connectivity index (χ3n) is 2.92. The van der Waals surface area contributed by atoms with Crippen LogP contribution in [-0.2, 0) is 9.84 Å². The average molecular weight is 308 g/mol. The second-order valence-electron chi connectivity index (χ2n) is 5.28. The first-order valence-electron chi connectivity index (χ1n) is 5.62. The van der Waals surface area contributed by atoms with Crippen LogP contribution in [0.25, 0.3) is 0 Å². The standard InChI is InChI=1S/C12H15Cl2NO2S/c1-12(2)7-18(16,17)6-10(15-12)8-4-3-5-9(13)11(8)14/h3-5,10,15H,6-7H2,1-2H3. The van der Waals surface area contributed by atoms with E-state index in [1.165, 1.54) is 0 Å². The molecular formula is C12H15Cl2NO2S. The van der Waals surface area contributed by atoms with Crippen molar-refractivity contribution in [1.29, 1.82) is 0 Å². The highest BCUT2D eigenvalue weighted by Gasteiger charge is 2.37. The Morgan fingerprint density at radius 1 is 1.33 bits per heavy atom. The molecule has 1 aromatic carbocycles. The van der Waals surface area contributed by atoms with Gasteiger partial charge in [-0.15, -0.1) is 0 Å². The molecule has 6 heteroatoms. The lowest BCUT2D eigenvalue weighted by atomic mass is 10.0. The minimum absolute atomic E-state index is 0.0521. The van der Waals surface area contributed by atoms with Gasteiger partial charge < -0.3 is 5.32 Å². The Bertz CT molecular complexity index is 569. The number of nitrogens with one attached hydrogen (secondary N) is 1. The van der Waals surface area contributed by atoms with E-state index in [4.69, 9.17) is 23.2 Å². The Morgan fingerprint density at radius 2 is 2.00 bits per heavy atom. The van der Waals surface area contributed by atoms with Crippen LogP contribution in [0.3, 0.4) is 0 Å². The van der Waals surface area contributed by atoms with Gasteiger partial charge in [0.15, 0.2) is 9.84 Å². The Morgan fingerprint density at radius 3 is 2.61 bits per heavy atom. The fourth-order valence-electron chi connectivity index (χ4n) is 2.37. The van der Waals surface area contributed by atoms with E-state index >= 15 is 0 Å². The van der Waals surface area contributed by atoms with Crippen molar-refractivity contribution in [2.45, 2.75) is 25.4 Å². The maximum Gasteiger partial charge on any atom is 0.153 e. The zero-order valence-corrected chi connectivity index (χ0v) is 12.5. The molecule has 0 saturated carbocycles. The van der Waals surface area contributed by atoms with Crippen LogP contribution in [-0.4, -0.2) is 25.5 Å². The summed E-state index contributed by atoms with van der Waals surface area (Å²) in [5, 5.41) is 4.17. The topological polar surface area (TPSA) is 46.2 Å². The van der Waals surface area contributed by atoms with E-state index in [0.717, 1.165) is 5.56 Å². The molecule has 1 atom stereocenters. The molecule has 1 saturated heterocycles. The third kappa shape index (κ3) is 2.99. The van der Waals surface area contributed by atoms with E-state index in [0.29, 0.717) is 10.0 Å². The van der Waals surface area contributed by atoms with Crippen molar-refractivity contribution in [3.8, 4) is 0 Å². The van der Waals surface area contributed by atoms with Gasteiger partial charge in [0, 0.05) is 11.6 Å². The third-order valence-corrected chi connectivity index (χ3v) is 5.76. The van der Waals surface area contributed by atoms with Gasteiger partial charge in [0.25, 0.3) is 0 Å². The quantitative estimate of drug-likeness (QED) is 0.868. The first-order chi connectivity index (χ1) is 8.20. The van der Waals surface area contributed by atoms with Gasteiger partial charge in [-0.05, 0) is 25.5 Å². The van der Waals surface area contributed by atoms with Gasteiger partial charge in [-0.1, -0.05) is 35.3 Å². The fourth-order valence-corrected chi connectivity index (χ4v) is 4.89. The molecular weight excluding hydrogens is 293 g/mol. The second-order valence-corrected chi connectivity index (χ2v) is 8.17. The summed E-state index contributed by atoms with van der Waals surface area (Å²) in [7, 11) is -3.08. The van der Waals surface area contributed by atoms with Gasteiger partial charge in [0.05, 0.1) is 21.6 Å². The lowest BCUT2D eigenvalue weighted by Gasteiger charge is -2.37. The molecule has 1 aromatic rings. The minimum Gasteiger partial charge on any atom is -0.303 e. The van der Waals surface area contributed by atoms with Crippen LogP contribution in [0, 0.1) is 0 Å². The largest absolute Gasteiger partial charge is 0.303 e. The van der Waals surface area contributed by atoms with Crippen molar-refractivity contribution in [1.82, 2.24) is 5.32 Å². The average Bonchev–Trinajstić information content (AvgIpc) is 2.17. The maximum absolute atomic E-state index is 11.9. The summed E-state index contributed by atoms with van der Waals surface area (Å²) in [6.07, 6.45) is 0. The van der Waals surface area contributed by atoms with Crippen molar-refractivity contribution in [2.75, 3.05) is 11.5 Å². The van der Waals surface area contributed by atoms with Crippen LogP contribution in [0.1, 0.15) is 25.5 Å². The molecule has 1 heterocycles. The first-order valence-corrected chi connectivity index (χ1v) is 8.20. The summed E-state index contributed by atoms with van der Waals surface area (Å²) in [6.45, 7) is 3.74. The van der Waals surface area contributed by atoms with Gasteiger partial charge in [0.2, 0.25) is 0 Å². The highest BCUT2D eigenvalue weighted by Crippen LogP contribution is 2.33. The molecule has 0 bridgehead atoms. The SMILES string of the molecule is CC1(C)CS(=O)(=O)CC(c2cccc(Cl)c2Cl)N1. The molecule has 0 aliphatic carbocycles. The molecule has 1 fully saturated rings. The van der Waals surface area contributed by atoms with Crippen LogP contribution in [0.15, 0.2) is 18.2 Å². The highest BCUT2D eigenvalue weighted by atomic mass is 35.5. The van der Waals surface area contributed by atoms with Crippen LogP contribution >= 0.6 is 23.2 Å².